The number of likely N-dealkylation sites (tertiary alicyclic amines) is 1. The van der Waals surface area contributed by atoms with E-state index in [9.17, 15) is 0 Å². The fourth-order valence-corrected chi connectivity index (χ4v) is 4.44. The van der Waals surface area contributed by atoms with E-state index in [2.05, 4.69) is 32.7 Å². The molecule has 1 N–H and O–H groups in total. The van der Waals surface area contributed by atoms with Crippen molar-refractivity contribution < 1.29 is 4.42 Å². The summed E-state index contributed by atoms with van der Waals surface area (Å²) in [6.45, 7) is 4.16. The average molecular weight is 394 g/mol. The van der Waals surface area contributed by atoms with E-state index in [1.165, 1.54) is 6.42 Å². The third kappa shape index (κ3) is 4.41. The maximum Gasteiger partial charge on any atom is 0.188 e. The molecular weight excluding hydrogens is 370 g/mol. The van der Waals surface area contributed by atoms with Crippen LogP contribution in [-0.4, -0.2) is 28.0 Å². The fourth-order valence-electron chi connectivity index (χ4n) is 3.68. The molecule has 4 rings (SSSR count). The number of furan rings is 1. The molecule has 28 heavy (non-hydrogen) atoms. The standard InChI is InChI=1S/C21H23N5OS/c1-15-6-7-17(27-15)4-2-10-26-11-3-5-19(26)18-14-28-21(24-18)25-20-12-16(13-22)8-9-23-20/h6-9,12,14,19H,2-5,10-11H2,1H3,(H,23,24,25). The van der Waals surface area contributed by atoms with Gasteiger partial charge >= 0.3 is 0 Å². The number of nitriles is 1. The molecule has 0 radical (unpaired) electrons. The Labute approximate surface area is 168 Å². The van der Waals surface area contributed by atoms with E-state index in [0.29, 0.717) is 17.4 Å². The van der Waals surface area contributed by atoms with Crippen molar-refractivity contribution in [3.8, 4) is 6.07 Å². The summed E-state index contributed by atoms with van der Waals surface area (Å²) in [5.74, 6) is 2.70. The van der Waals surface area contributed by atoms with E-state index in [1.54, 1.807) is 29.7 Å². The van der Waals surface area contributed by atoms with Gasteiger partial charge in [-0.05, 0) is 63.5 Å². The van der Waals surface area contributed by atoms with Gasteiger partial charge in [0.15, 0.2) is 5.13 Å². The largest absolute Gasteiger partial charge is 0.466 e. The maximum atomic E-state index is 9.02. The topological polar surface area (TPSA) is 78.0 Å². The van der Waals surface area contributed by atoms with Crippen LogP contribution in [0.25, 0.3) is 0 Å². The van der Waals surface area contributed by atoms with Crippen LogP contribution in [0, 0.1) is 18.3 Å². The normalized spacial score (nSPS) is 16.9. The molecule has 1 aliphatic rings. The Morgan fingerprint density at radius 3 is 3.14 bits per heavy atom. The fraction of sp³-hybridized carbons (Fsp3) is 0.381. The third-order valence-corrected chi connectivity index (χ3v) is 5.79. The first-order valence-electron chi connectivity index (χ1n) is 9.59. The molecule has 3 aromatic heterocycles. The number of aromatic nitrogens is 2. The van der Waals surface area contributed by atoms with Gasteiger partial charge in [-0.15, -0.1) is 11.3 Å². The summed E-state index contributed by atoms with van der Waals surface area (Å²) in [7, 11) is 0. The summed E-state index contributed by atoms with van der Waals surface area (Å²) < 4.78 is 5.67. The molecule has 1 aliphatic heterocycles. The number of aryl methyl sites for hydroxylation is 2. The summed E-state index contributed by atoms with van der Waals surface area (Å²) in [4.78, 5) is 11.6. The van der Waals surface area contributed by atoms with Crippen LogP contribution < -0.4 is 5.32 Å². The Kier molecular flexibility index (Phi) is 5.70. The lowest BCUT2D eigenvalue weighted by Gasteiger charge is -2.22. The number of thiazole rings is 1. The van der Waals surface area contributed by atoms with E-state index in [-0.39, 0.29) is 0 Å². The molecule has 6 nitrogen and oxygen atoms in total. The van der Waals surface area contributed by atoms with E-state index in [1.807, 2.05) is 13.0 Å². The van der Waals surface area contributed by atoms with Crippen LogP contribution >= 0.6 is 11.3 Å². The maximum absolute atomic E-state index is 9.02. The van der Waals surface area contributed by atoms with Crippen molar-refractivity contribution in [3.05, 3.63) is 58.6 Å². The van der Waals surface area contributed by atoms with Crippen LogP contribution in [0.3, 0.4) is 0 Å². The average Bonchev–Trinajstić information content (AvgIpc) is 3.43. The first kappa shape index (κ1) is 18.7. The zero-order valence-electron chi connectivity index (χ0n) is 15.9. The quantitative estimate of drug-likeness (QED) is 0.620. The molecule has 0 aromatic carbocycles. The van der Waals surface area contributed by atoms with Crippen LogP contribution in [-0.2, 0) is 6.42 Å². The predicted octanol–water partition coefficient (Wildman–Crippen LogP) is 4.82. The van der Waals surface area contributed by atoms with Crippen molar-refractivity contribution in [1.82, 2.24) is 14.9 Å². The lowest BCUT2D eigenvalue weighted by molar-refractivity contribution is 0.248. The second kappa shape index (κ2) is 8.55. The van der Waals surface area contributed by atoms with Gasteiger partial charge in [0.05, 0.1) is 23.4 Å². The lowest BCUT2D eigenvalue weighted by Crippen LogP contribution is -2.25. The first-order chi connectivity index (χ1) is 13.7. The highest BCUT2D eigenvalue weighted by Crippen LogP contribution is 2.34. The Morgan fingerprint density at radius 1 is 1.39 bits per heavy atom. The SMILES string of the molecule is Cc1ccc(CCCN2CCCC2c2csc(Nc3cc(C#N)ccn3)n2)o1. The Morgan fingerprint density at radius 2 is 2.32 bits per heavy atom. The second-order valence-electron chi connectivity index (χ2n) is 7.05. The molecule has 0 amide bonds. The molecule has 0 saturated carbocycles. The van der Waals surface area contributed by atoms with E-state index >= 15 is 0 Å². The molecule has 7 heteroatoms. The molecule has 144 valence electrons. The number of hydrogen-bond acceptors (Lipinski definition) is 7. The summed E-state index contributed by atoms with van der Waals surface area (Å²) in [5.41, 5.74) is 1.71. The van der Waals surface area contributed by atoms with E-state index < -0.39 is 0 Å². The molecule has 4 heterocycles. The highest BCUT2D eigenvalue weighted by atomic mass is 32.1. The Bertz CT molecular complexity index is 973. The van der Waals surface area contributed by atoms with Crippen LogP contribution in [0.5, 0.6) is 0 Å². The van der Waals surface area contributed by atoms with Crippen molar-refractivity contribution in [2.75, 3.05) is 18.4 Å². The molecule has 1 saturated heterocycles. The highest BCUT2D eigenvalue weighted by Gasteiger charge is 2.27. The van der Waals surface area contributed by atoms with Crippen LogP contribution in [0.2, 0.25) is 0 Å². The van der Waals surface area contributed by atoms with Gasteiger partial charge < -0.3 is 9.73 Å². The summed E-state index contributed by atoms with van der Waals surface area (Å²) in [6.07, 6.45) is 6.04. The third-order valence-electron chi connectivity index (χ3n) is 5.02. The van der Waals surface area contributed by atoms with Gasteiger partial charge in [-0.2, -0.15) is 5.26 Å². The minimum absolute atomic E-state index is 0.378. The Balaban J connectivity index is 1.36. The van der Waals surface area contributed by atoms with Crippen molar-refractivity contribution in [3.63, 3.8) is 0 Å². The minimum atomic E-state index is 0.378. The molecule has 0 aliphatic carbocycles. The zero-order valence-corrected chi connectivity index (χ0v) is 16.7. The van der Waals surface area contributed by atoms with Crippen molar-refractivity contribution >= 4 is 22.3 Å². The van der Waals surface area contributed by atoms with Gasteiger partial charge in [-0.25, -0.2) is 9.97 Å². The number of pyridine rings is 1. The van der Waals surface area contributed by atoms with Crippen LogP contribution in [0.1, 0.15) is 48.1 Å². The summed E-state index contributed by atoms with van der Waals surface area (Å²) in [6, 6.07) is 10.0. The number of rotatable bonds is 7. The number of anilines is 2. The lowest BCUT2D eigenvalue weighted by atomic mass is 10.1. The molecule has 1 fully saturated rings. The summed E-state index contributed by atoms with van der Waals surface area (Å²) >= 11 is 1.58. The number of nitrogens with one attached hydrogen (secondary N) is 1. The van der Waals surface area contributed by atoms with Gasteiger partial charge in [0.25, 0.3) is 0 Å². The van der Waals surface area contributed by atoms with E-state index in [4.69, 9.17) is 14.7 Å². The number of nitrogens with zero attached hydrogens (tertiary/aromatic N) is 4. The first-order valence-corrected chi connectivity index (χ1v) is 10.5. The minimum Gasteiger partial charge on any atom is -0.466 e. The van der Waals surface area contributed by atoms with Gasteiger partial charge in [-0.3, -0.25) is 4.90 Å². The molecule has 3 aromatic rings. The van der Waals surface area contributed by atoms with Gasteiger partial charge in [-0.1, -0.05) is 0 Å². The van der Waals surface area contributed by atoms with Gasteiger partial charge in [0.2, 0.25) is 0 Å². The molecule has 1 unspecified atom stereocenters. The molecular formula is C21H23N5OS. The number of hydrogen-bond donors (Lipinski definition) is 1. The van der Waals surface area contributed by atoms with Crippen LogP contribution in [0.15, 0.2) is 40.3 Å². The van der Waals surface area contributed by atoms with Crippen molar-refractivity contribution in [2.24, 2.45) is 0 Å². The zero-order chi connectivity index (χ0) is 19.3. The Hall–Kier alpha value is -2.69. The second-order valence-corrected chi connectivity index (χ2v) is 7.91. The smallest absolute Gasteiger partial charge is 0.188 e. The monoisotopic (exact) mass is 393 g/mol. The van der Waals surface area contributed by atoms with Crippen molar-refractivity contribution in [1.29, 1.82) is 5.26 Å². The van der Waals surface area contributed by atoms with Crippen molar-refractivity contribution in [2.45, 2.75) is 38.6 Å². The van der Waals surface area contributed by atoms with Gasteiger partial charge in [0, 0.05) is 18.0 Å². The molecule has 1 atom stereocenters. The predicted molar refractivity (Wildman–Crippen MR) is 110 cm³/mol. The summed E-state index contributed by atoms with van der Waals surface area (Å²) in [5, 5.41) is 15.2. The molecule has 0 bridgehead atoms. The van der Waals surface area contributed by atoms with Gasteiger partial charge in [0.1, 0.15) is 17.3 Å². The van der Waals surface area contributed by atoms with E-state index in [0.717, 1.165) is 54.7 Å². The molecule has 0 spiro atoms. The van der Waals surface area contributed by atoms with Crippen LogP contribution in [0.4, 0.5) is 10.9 Å². The highest BCUT2D eigenvalue weighted by molar-refractivity contribution is 7.13.